The van der Waals surface area contributed by atoms with E-state index < -0.39 is 0 Å². The fourth-order valence-electron chi connectivity index (χ4n) is 0.271. The van der Waals surface area contributed by atoms with Crippen molar-refractivity contribution in [1.29, 1.82) is 0 Å². The van der Waals surface area contributed by atoms with Crippen molar-refractivity contribution < 1.29 is 21.7 Å². The maximum atomic E-state index is 5.35. The Morgan fingerprint density at radius 3 is 2.44 bits per heavy atom. The molecular weight excluding hydrogens is 151 g/mol. The first kappa shape index (κ1) is 8.89. The summed E-state index contributed by atoms with van der Waals surface area (Å²) in [5.41, 5.74) is 0.774. The van der Waals surface area contributed by atoms with E-state index in [4.69, 9.17) is 11.3 Å². The summed E-state index contributed by atoms with van der Waals surface area (Å²) in [6, 6.07) is 0. The fraction of sp³-hybridized carbons (Fsp3) is 0.286. The Hall–Kier alpha value is -0.106. The second-order valence-electron chi connectivity index (χ2n) is 1.62. The van der Waals surface area contributed by atoms with E-state index in [2.05, 4.69) is 17.0 Å². The molecule has 0 bridgehead atoms. The van der Waals surface area contributed by atoms with Crippen molar-refractivity contribution in [2.75, 3.05) is 7.11 Å². The van der Waals surface area contributed by atoms with Crippen LogP contribution in [0.15, 0.2) is 17.7 Å². The van der Waals surface area contributed by atoms with Gasteiger partial charge in [0.15, 0.2) is 0 Å². The summed E-state index contributed by atoms with van der Waals surface area (Å²) in [4.78, 5) is 0. The van der Waals surface area contributed by atoms with Gasteiger partial charge in [-0.15, -0.1) is 0 Å². The Labute approximate surface area is 64.9 Å². The molecule has 0 aromatic heterocycles. The van der Waals surface area contributed by atoms with Gasteiger partial charge >= 0.3 is 64.5 Å². The summed E-state index contributed by atoms with van der Waals surface area (Å²) in [5, 5.41) is 0. The molecule has 0 radical (unpaired) electrons. The second-order valence-corrected chi connectivity index (χ2v) is 2.31. The zero-order valence-electron chi connectivity index (χ0n) is 5.59. The van der Waals surface area contributed by atoms with E-state index in [1.165, 1.54) is 0 Å². The molecule has 2 heteroatoms. The number of hydrogen-bond donors (Lipinski definition) is 0. The van der Waals surface area contributed by atoms with E-state index in [1.807, 2.05) is 6.92 Å². The molecule has 49 valence electrons. The molecule has 0 aliphatic carbocycles. The molecule has 0 spiro atoms. The van der Waals surface area contributed by atoms with Gasteiger partial charge in [0.05, 0.1) is 0 Å². The molecule has 0 fully saturated rings. The number of allylic oxidation sites excluding steroid dienone is 2. The van der Waals surface area contributed by atoms with Gasteiger partial charge < -0.3 is 0 Å². The van der Waals surface area contributed by atoms with Crippen molar-refractivity contribution in [3.05, 3.63) is 24.3 Å². The topological polar surface area (TPSA) is 9.23 Å². The number of ether oxygens (including phenoxy) is 1. The molecule has 0 aliphatic rings. The monoisotopic (exact) mass is 160 g/mol. The molecule has 0 unspecified atom stereocenters. The van der Waals surface area contributed by atoms with E-state index in [9.17, 15) is 0 Å². The Balaban J connectivity index is 3.71. The summed E-state index contributed by atoms with van der Waals surface area (Å²) in [6.07, 6.45) is 3.59. The molecule has 0 saturated carbocycles. The van der Waals surface area contributed by atoms with Crippen LogP contribution in [0.5, 0.6) is 0 Å². The van der Waals surface area contributed by atoms with Crippen LogP contribution in [-0.4, -0.2) is 11.5 Å². The van der Waals surface area contributed by atoms with Crippen LogP contribution in [0.25, 0.3) is 0 Å². The fourth-order valence-corrected chi connectivity index (χ4v) is 0.387. The zero-order chi connectivity index (χ0) is 7.28. The molecule has 0 saturated heterocycles. The van der Waals surface area contributed by atoms with Crippen molar-refractivity contribution in [3.8, 4) is 0 Å². The summed E-state index contributed by atoms with van der Waals surface area (Å²) in [7, 11) is 1.61. The first-order chi connectivity index (χ1) is 4.16. The van der Waals surface area contributed by atoms with Crippen LogP contribution in [0, 0.1) is 6.58 Å². The zero-order valence-corrected chi connectivity index (χ0v) is 6.98. The van der Waals surface area contributed by atoms with E-state index in [0.29, 0.717) is 0 Å². The van der Waals surface area contributed by atoms with Gasteiger partial charge in [0, 0.05) is 0 Å². The summed E-state index contributed by atoms with van der Waals surface area (Å²) in [5.74, 6) is 0. The summed E-state index contributed by atoms with van der Waals surface area (Å²) >= 11 is 2.30. The molecule has 9 heavy (non-hydrogen) atoms. The van der Waals surface area contributed by atoms with Crippen LogP contribution in [0.4, 0.5) is 0 Å². The van der Waals surface area contributed by atoms with Crippen LogP contribution in [-0.2, 0) is 21.7 Å². The van der Waals surface area contributed by atoms with Gasteiger partial charge in [-0.25, -0.2) is 0 Å². The molecule has 1 nitrogen and oxygen atoms in total. The quantitative estimate of drug-likeness (QED) is 0.446. The predicted octanol–water partition coefficient (Wildman–Crippen LogP) is 1.24. The Morgan fingerprint density at radius 1 is 1.56 bits per heavy atom. The molecule has 0 atom stereocenters. The molecule has 0 rings (SSSR count). The third kappa shape index (κ3) is 5.77. The molecule has 0 aromatic rings. The molecule has 0 amide bonds. The summed E-state index contributed by atoms with van der Waals surface area (Å²) in [6.45, 7) is 7.18. The third-order valence-corrected chi connectivity index (χ3v) is 1.22. The first-order valence-corrected chi connectivity index (χ1v) is 3.23. The van der Waals surface area contributed by atoms with Gasteiger partial charge in [-0.2, -0.15) is 0 Å². The van der Waals surface area contributed by atoms with Crippen LogP contribution in [0.3, 0.4) is 0 Å². The second kappa shape index (κ2) is 4.74. The van der Waals surface area contributed by atoms with Gasteiger partial charge in [-0.3, -0.25) is 0 Å². The average Bonchev–Trinajstić information content (AvgIpc) is 1.83. The van der Waals surface area contributed by atoms with Gasteiger partial charge in [0.25, 0.3) is 0 Å². The van der Waals surface area contributed by atoms with Crippen LogP contribution < -0.4 is 0 Å². The van der Waals surface area contributed by atoms with Crippen molar-refractivity contribution in [2.45, 2.75) is 6.92 Å². The Kier molecular flexibility index (Phi) is 4.69. The van der Waals surface area contributed by atoms with Crippen molar-refractivity contribution >= 4 is 4.41 Å². The van der Waals surface area contributed by atoms with Gasteiger partial charge in [-0.1, -0.05) is 0 Å². The minimum atomic E-state index is 0.774. The van der Waals surface area contributed by atoms with Crippen molar-refractivity contribution in [3.63, 3.8) is 0 Å². The van der Waals surface area contributed by atoms with Gasteiger partial charge in [-0.05, 0) is 0 Å². The summed E-state index contributed by atoms with van der Waals surface area (Å²) < 4.78 is 5.63. The van der Waals surface area contributed by atoms with Crippen molar-refractivity contribution in [2.24, 2.45) is 0 Å². The Bertz CT molecular complexity index is 147. The number of methoxy groups -OCH3 is 1. The molecule has 0 heterocycles. The number of rotatable bonds is 3. The maximum absolute atomic E-state index is 5.35. The molecule has 0 aliphatic heterocycles. The van der Waals surface area contributed by atoms with E-state index in [-0.39, 0.29) is 0 Å². The first-order valence-electron chi connectivity index (χ1n) is 2.54. The average molecular weight is 160 g/mol. The van der Waals surface area contributed by atoms with Crippen LogP contribution in [0.2, 0.25) is 0 Å². The normalized spacial score (nSPS) is 9.89. The van der Waals surface area contributed by atoms with Crippen LogP contribution >= 0.6 is 0 Å². The molecule has 0 aromatic carbocycles. The van der Waals surface area contributed by atoms with Crippen LogP contribution in [0.1, 0.15) is 6.92 Å². The predicted molar refractivity (Wildman–Crippen MR) is 34.6 cm³/mol. The van der Waals surface area contributed by atoms with E-state index >= 15 is 0 Å². The van der Waals surface area contributed by atoms with Gasteiger partial charge in [0.1, 0.15) is 0 Å². The Morgan fingerprint density at radius 2 is 2.11 bits per heavy atom. The van der Waals surface area contributed by atoms with Gasteiger partial charge in [0.2, 0.25) is 0 Å². The number of hydrogen-bond acceptors (Lipinski definition) is 1. The molecule has 0 N–H and O–H groups in total. The molecular formula is C7H9OV-. The van der Waals surface area contributed by atoms with Crippen molar-refractivity contribution in [1.82, 2.24) is 0 Å². The SMILES string of the molecule is [CH-]=C(C)/C=C\[C](=[V])OC. The third-order valence-electron chi connectivity index (χ3n) is 0.698. The van der Waals surface area contributed by atoms with E-state index in [0.717, 1.165) is 9.99 Å². The van der Waals surface area contributed by atoms with E-state index in [1.54, 1.807) is 19.3 Å². The standard InChI is InChI=1S/C7H9O.V/c1-7(2)5-4-6-8-3;/h1,4-5H,2-3H3;/q-1;/b5-4-;. The minimum absolute atomic E-state index is 0.774.